The number of anilines is 1. The Bertz CT molecular complexity index is 1250. The van der Waals surface area contributed by atoms with Gasteiger partial charge in [0.2, 0.25) is 0 Å². The third-order valence-electron chi connectivity index (χ3n) is 8.11. The molecule has 0 bridgehead atoms. The minimum atomic E-state index is -0.277. The molecule has 2 fully saturated rings. The number of hydrogen-bond donors (Lipinski definition) is 0. The number of nitrogens with zero attached hydrogens (tertiary/aromatic N) is 4. The molecule has 0 spiro atoms. The first-order valence-electron chi connectivity index (χ1n) is 13.6. The van der Waals surface area contributed by atoms with Crippen molar-refractivity contribution in [2.45, 2.75) is 45.2 Å². The summed E-state index contributed by atoms with van der Waals surface area (Å²) in [4.78, 5) is 24.4. The van der Waals surface area contributed by atoms with E-state index in [1.807, 2.05) is 13.0 Å². The first-order valence-corrected chi connectivity index (χ1v) is 13.6. The molecule has 37 heavy (non-hydrogen) atoms. The van der Waals surface area contributed by atoms with Gasteiger partial charge in [0.05, 0.1) is 17.9 Å². The highest BCUT2D eigenvalue weighted by molar-refractivity contribution is 6.09. The zero-order valence-electron chi connectivity index (χ0n) is 22.2. The van der Waals surface area contributed by atoms with Crippen LogP contribution in [0.1, 0.15) is 39.5 Å². The van der Waals surface area contributed by atoms with Crippen LogP contribution >= 0.6 is 0 Å². The fourth-order valence-corrected chi connectivity index (χ4v) is 5.99. The van der Waals surface area contributed by atoms with E-state index in [-0.39, 0.29) is 11.6 Å². The quantitative estimate of drug-likeness (QED) is 0.396. The lowest BCUT2D eigenvalue weighted by molar-refractivity contribution is -0.137. The largest absolute Gasteiger partial charge is 0.462 e. The van der Waals surface area contributed by atoms with Crippen LogP contribution < -0.4 is 4.90 Å². The van der Waals surface area contributed by atoms with Gasteiger partial charge in [-0.05, 0) is 56.9 Å². The number of fused-ring (bicyclic) bond motifs is 1. The minimum absolute atomic E-state index is 0.275. The van der Waals surface area contributed by atoms with Crippen molar-refractivity contribution >= 4 is 28.6 Å². The lowest BCUT2D eigenvalue weighted by Crippen LogP contribution is -2.49. The van der Waals surface area contributed by atoms with E-state index in [1.54, 1.807) is 6.21 Å². The van der Waals surface area contributed by atoms with E-state index in [0.29, 0.717) is 18.1 Å². The molecule has 1 atom stereocenters. The van der Waals surface area contributed by atoms with E-state index >= 15 is 0 Å². The summed E-state index contributed by atoms with van der Waals surface area (Å²) in [5, 5.41) is 2.53. The number of benzene rings is 2. The molecule has 0 N–H and O–H groups in total. The first-order chi connectivity index (χ1) is 18.0. The maximum Gasteiger partial charge on any atom is 0.339 e. The second-order valence-corrected chi connectivity index (χ2v) is 10.4. The zero-order valence-corrected chi connectivity index (χ0v) is 22.2. The van der Waals surface area contributed by atoms with Crippen LogP contribution in [0, 0.1) is 5.92 Å². The number of aliphatic imine (C=N–C) groups is 1. The maximum absolute atomic E-state index is 12.2. The SMILES string of the molecule is C=C=C1N(CC2CCN(C3(C)CCC=C(C(=O)OCC)C=N3)CC2)CCN1c1cccc2ccccc12. The summed E-state index contributed by atoms with van der Waals surface area (Å²) in [7, 11) is 0. The molecule has 0 radical (unpaired) electrons. The van der Waals surface area contributed by atoms with Crippen LogP contribution in [-0.2, 0) is 9.53 Å². The molecule has 6 heteroatoms. The molecule has 0 aromatic heterocycles. The molecule has 194 valence electrons. The van der Waals surface area contributed by atoms with Gasteiger partial charge in [0, 0.05) is 44.3 Å². The molecule has 5 rings (SSSR count). The molecule has 0 saturated carbocycles. The van der Waals surface area contributed by atoms with Crippen LogP contribution in [-0.4, -0.2) is 67.0 Å². The highest BCUT2D eigenvalue weighted by Crippen LogP contribution is 2.35. The number of piperidine rings is 1. The van der Waals surface area contributed by atoms with Gasteiger partial charge < -0.3 is 14.5 Å². The summed E-state index contributed by atoms with van der Waals surface area (Å²) >= 11 is 0. The molecule has 2 aromatic rings. The predicted octanol–water partition coefficient (Wildman–Crippen LogP) is 5.37. The Kier molecular flexibility index (Phi) is 7.50. The van der Waals surface area contributed by atoms with Gasteiger partial charge in [-0.1, -0.05) is 54.8 Å². The van der Waals surface area contributed by atoms with Gasteiger partial charge in [-0.15, -0.1) is 0 Å². The van der Waals surface area contributed by atoms with Crippen LogP contribution in [0.15, 0.2) is 77.2 Å². The van der Waals surface area contributed by atoms with E-state index in [9.17, 15) is 4.79 Å². The summed E-state index contributed by atoms with van der Waals surface area (Å²) < 4.78 is 5.17. The number of carbonyl (C=O) groups is 1. The standard InChI is InChI=1S/C31H38N4O2/c1-4-29-33(20-21-35(29)28-14-8-11-25-10-6-7-13-27(25)28)23-24-15-18-34(19-16-24)31(3)17-9-12-26(22-32-31)30(36)37-5-2/h6-8,10-14,22,24H,1,5,9,15-21,23H2,2-3H3. The molecule has 2 aromatic carbocycles. The predicted molar refractivity (Wildman–Crippen MR) is 151 cm³/mol. The van der Waals surface area contributed by atoms with E-state index in [4.69, 9.17) is 9.73 Å². The summed E-state index contributed by atoms with van der Waals surface area (Å²) in [6.07, 6.45) is 7.71. The van der Waals surface area contributed by atoms with Gasteiger partial charge in [-0.3, -0.25) is 9.89 Å². The van der Waals surface area contributed by atoms with Gasteiger partial charge in [0.1, 0.15) is 5.66 Å². The highest BCUT2D eigenvalue weighted by Gasteiger charge is 2.36. The maximum atomic E-state index is 12.2. The number of esters is 1. The summed E-state index contributed by atoms with van der Waals surface area (Å²) in [5.41, 5.74) is 4.79. The molecule has 0 amide bonds. The Morgan fingerprint density at radius 2 is 1.92 bits per heavy atom. The normalized spacial score (nSPS) is 23.2. The molecule has 3 heterocycles. The van der Waals surface area contributed by atoms with Crippen molar-refractivity contribution in [1.82, 2.24) is 9.80 Å². The Morgan fingerprint density at radius 1 is 1.14 bits per heavy atom. The molecule has 3 aliphatic heterocycles. The van der Waals surface area contributed by atoms with E-state index in [2.05, 4.69) is 76.4 Å². The van der Waals surface area contributed by atoms with Crippen molar-refractivity contribution in [3.63, 3.8) is 0 Å². The van der Waals surface area contributed by atoms with Crippen molar-refractivity contribution in [2.24, 2.45) is 10.9 Å². The van der Waals surface area contributed by atoms with Crippen molar-refractivity contribution in [1.29, 1.82) is 0 Å². The number of likely N-dealkylation sites (tertiary alicyclic amines) is 1. The number of allylic oxidation sites excluding steroid dienone is 1. The van der Waals surface area contributed by atoms with E-state index < -0.39 is 0 Å². The van der Waals surface area contributed by atoms with Gasteiger partial charge in [0.15, 0.2) is 5.82 Å². The first kappa shape index (κ1) is 25.3. The Labute approximate surface area is 220 Å². The lowest BCUT2D eigenvalue weighted by Gasteiger charge is -2.43. The van der Waals surface area contributed by atoms with E-state index in [0.717, 1.165) is 64.2 Å². The molecule has 6 nitrogen and oxygen atoms in total. The fourth-order valence-electron chi connectivity index (χ4n) is 5.99. The minimum Gasteiger partial charge on any atom is -0.462 e. The Hall–Kier alpha value is -3.34. The van der Waals surface area contributed by atoms with Gasteiger partial charge in [-0.2, -0.15) is 0 Å². The van der Waals surface area contributed by atoms with Gasteiger partial charge >= 0.3 is 5.97 Å². The highest BCUT2D eigenvalue weighted by atomic mass is 16.5. The molecular weight excluding hydrogens is 460 g/mol. The van der Waals surface area contributed by atoms with Crippen LogP contribution in [0.2, 0.25) is 0 Å². The Balaban J connectivity index is 1.20. The second-order valence-electron chi connectivity index (χ2n) is 10.4. The topological polar surface area (TPSA) is 48.4 Å². The fraction of sp³-hybridized carbons (Fsp3) is 0.452. The van der Waals surface area contributed by atoms with Crippen molar-refractivity contribution in [3.05, 3.63) is 72.2 Å². The van der Waals surface area contributed by atoms with Gasteiger partial charge in [-0.25, -0.2) is 4.79 Å². The molecule has 1 unspecified atom stereocenters. The average Bonchev–Trinajstić information content (AvgIpc) is 3.21. The second kappa shape index (κ2) is 11.0. The average molecular weight is 499 g/mol. The van der Waals surface area contributed by atoms with Crippen molar-refractivity contribution < 1.29 is 9.53 Å². The Morgan fingerprint density at radius 3 is 2.70 bits per heavy atom. The molecular formula is C31H38N4O2. The van der Waals surface area contributed by atoms with Crippen molar-refractivity contribution in [3.8, 4) is 0 Å². The van der Waals surface area contributed by atoms with Crippen LogP contribution in [0.25, 0.3) is 10.8 Å². The number of rotatable bonds is 6. The summed E-state index contributed by atoms with van der Waals surface area (Å²) in [6.45, 7) is 13.5. The number of hydrogen-bond acceptors (Lipinski definition) is 6. The molecule has 0 aliphatic carbocycles. The van der Waals surface area contributed by atoms with Crippen LogP contribution in [0.3, 0.4) is 0 Å². The summed E-state index contributed by atoms with van der Waals surface area (Å²) in [5.74, 6) is 1.44. The van der Waals surface area contributed by atoms with Crippen LogP contribution in [0.4, 0.5) is 5.69 Å². The monoisotopic (exact) mass is 498 g/mol. The van der Waals surface area contributed by atoms with E-state index in [1.165, 1.54) is 16.5 Å². The third kappa shape index (κ3) is 5.22. The van der Waals surface area contributed by atoms with Crippen LogP contribution in [0.5, 0.6) is 0 Å². The molecule has 3 aliphatic rings. The smallest absolute Gasteiger partial charge is 0.339 e. The molecule has 2 saturated heterocycles. The number of ether oxygens (including phenoxy) is 1. The zero-order chi connectivity index (χ0) is 25.8. The lowest BCUT2D eigenvalue weighted by atomic mass is 9.93. The number of carbonyl (C=O) groups excluding carboxylic acids is 1. The van der Waals surface area contributed by atoms with Crippen molar-refractivity contribution in [2.75, 3.05) is 44.2 Å². The summed E-state index contributed by atoms with van der Waals surface area (Å²) in [6, 6.07) is 15.1. The van der Waals surface area contributed by atoms with Gasteiger partial charge in [0.25, 0.3) is 0 Å². The third-order valence-corrected chi connectivity index (χ3v) is 8.11.